The molecule has 0 spiro atoms. The van der Waals surface area contributed by atoms with E-state index in [1.54, 1.807) is 18.2 Å². The van der Waals surface area contributed by atoms with E-state index in [-0.39, 0.29) is 40.9 Å². The van der Waals surface area contributed by atoms with E-state index in [9.17, 15) is 23.2 Å². The van der Waals surface area contributed by atoms with E-state index in [4.69, 9.17) is 33.7 Å². The number of ketones is 1. The third-order valence-corrected chi connectivity index (χ3v) is 8.76. The van der Waals surface area contributed by atoms with E-state index in [1.165, 1.54) is 4.90 Å². The number of halogens is 5. The SMILES string of the molecule is Cc1cc(COc2ccccc2Cl)c(C)c(C2C(C#N)=C(N)N(c3cc(C(F)(F)F)ccc3Cl)C3=C2C(=O)CC(C)(C)C3)c1. The van der Waals surface area contributed by atoms with Gasteiger partial charge in [0.2, 0.25) is 0 Å². The fraction of sp³-hybridized carbons (Fsp3) is 0.294. The zero-order chi connectivity index (χ0) is 32.1. The lowest BCUT2D eigenvalue weighted by molar-refractivity contribution is -0.137. The Morgan fingerprint density at radius 2 is 1.77 bits per heavy atom. The van der Waals surface area contributed by atoms with Crippen LogP contribution in [0.4, 0.5) is 18.9 Å². The minimum absolute atomic E-state index is 0.00473. The molecule has 0 saturated carbocycles. The standard InChI is InChI=1S/C34H30Cl2F3N3O2/c1-18-11-20(17-44-29-8-6-5-7-25(29)36)19(2)22(12-18)30-23(16-40)32(41)42(27-14-33(3,4)15-28(43)31(27)30)26-13-21(34(37,38)39)9-10-24(26)35/h5-13,30H,14-15,17,41H2,1-4H3. The highest BCUT2D eigenvalue weighted by atomic mass is 35.5. The summed E-state index contributed by atoms with van der Waals surface area (Å²) in [5.74, 6) is -0.597. The molecular weight excluding hydrogens is 610 g/mol. The smallest absolute Gasteiger partial charge is 0.416 e. The van der Waals surface area contributed by atoms with E-state index in [1.807, 2.05) is 45.9 Å². The molecule has 5 rings (SSSR count). The van der Waals surface area contributed by atoms with Gasteiger partial charge in [0.15, 0.2) is 5.78 Å². The third-order valence-electron chi connectivity index (χ3n) is 8.13. The van der Waals surface area contributed by atoms with Crippen LogP contribution in [0, 0.1) is 30.6 Å². The van der Waals surface area contributed by atoms with Gasteiger partial charge in [0.25, 0.3) is 0 Å². The number of hydrogen-bond donors (Lipinski definition) is 1. The van der Waals surface area contributed by atoms with Crippen LogP contribution in [-0.2, 0) is 17.6 Å². The highest BCUT2D eigenvalue weighted by Gasteiger charge is 2.46. The molecule has 3 aromatic rings. The van der Waals surface area contributed by atoms with Crippen LogP contribution in [0.25, 0.3) is 0 Å². The minimum atomic E-state index is -4.64. The van der Waals surface area contributed by atoms with Crippen molar-refractivity contribution in [2.45, 2.75) is 59.2 Å². The number of nitriles is 1. The molecule has 44 heavy (non-hydrogen) atoms. The molecule has 1 aliphatic carbocycles. The van der Waals surface area contributed by atoms with E-state index in [2.05, 4.69) is 6.07 Å². The van der Waals surface area contributed by atoms with Crippen molar-refractivity contribution in [1.29, 1.82) is 5.26 Å². The number of nitrogens with zero attached hydrogens (tertiary/aromatic N) is 2. The normalized spacial score (nSPS) is 18.3. The van der Waals surface area contributed by atoms with E-state index in [0.717, 1.165) is 34.9 Å². The van der Waals surface area contributed by atoms with Crippen molar-refractivity contribution in [3.05, 3.63) is 115 Å². The fourth-order valence-electron chi connectivity index (χ4n) is 6.09. The molecule has 0 saturated heterocycles. The first-order valence-corrected chi connectivity index (χ1v) is 14.7. The molecule has 1 heterocycles. The Kier molecular flexibility index (Phi) is 8.25. The quantitative estimate of drug-likeness (QED) is 0.301. The van der Waals surface area contributed by atoms with Crippen LogP contribution in [0.1, 0.15) is 60.4 Å². The van der Waals surface area contributed by atoms with Crippen molar-refractivity contribution in [3.8, 4) is 11.8 Å². The monoisotopic (exact) mass is 639 g/mol. The topological polar surface area (TPSA) is 79.3 Å². The number of carbonyl (C=O) groups is 1. The predicted molar refractivity (Wildman–Crippen MR) is 165 cm³/mol. The number of aryl methyl sites for hydroxylation is 1. The zero-order valence-electron chi connectivity index (χ0n) is 24.6. The number of benzene rings is 3. The molecule has 2 N–H and O–H groups in total. The number of rotatable bonds is 5. The second-order valence-electron chi connectivity index (χ2n) is 12.0. The highest BCUT2D eigenvalue weighted by molar-refractivity contribution is 6.33. The number of anilines is 1. The van der Waals surface area contributed by atoms with Gasteiger partial charge in [-0.25, -0.2) is 0 Å². The maximum absolute atomic E-state index is 14.0. The van der Waals surface area contributed by atoms with E-state index in [0.29, 0.717) is 34.0 Å². The van der Waals surface area contributed by atoms with Gasteiger partial charge in [0.1, 0.15) is 18.2 Å². The fourth-order valence-corrected chi connectivity index (χ4v) is 6.48. The first-order chi connectivity index (χ1) is 20.6. The average Bonchev–Trinajstić information content (AvgIpc) is 2.93. The number of alkyl halides is 3. The molecule has 0 bridgehead atoms. The van der Waals surface area contributed by atoms with Gasteiger partial charge in [-0.05, 0) is 72.7 Å². The second kappa shape index (κ2) is 11.5. The number of nitrogens with two attached hydrogens (primary N) is 1. The summed E-state index contributed by atoms with van der Waals surface area (Å²) >= 11 is 12.8. The minimum Gasteiger partial charge on any atom is -0.487 e. The van der Waals surface area contributed by atoms with Crippen LogP contribution in [0.2, 0.25) is 10.0 Å². The number of ether oxygens (including phenoxy) is 1. The lowest BCUT2D eigenvalue weighted by Gasteiger charge is -2.44. The molecule has 228 valence electrons. The summed E-state index contributed by atoms with van der Waals surface area (Å²) in [5.41, 5.74) is 9.20. The van der Waals surface area contributed by atoms with E-state index < -0.39 is 23.1 Å². The van der Waals surface area contributed by atoms with Gasteiger partial charge in [-0.3, -0.25) is 9.69 Å². The summed E-state index contributed by atoms with van der Waals surface area (Å²) in [4.78, 5) is 15.4. The number of para-hydroxylation sites is 1. The van der Waals surface area contributed by atoms with Crippen LogP contribution >= 0.6 is 23.2 Å². The second-order valence-corrected chi connectivity index (χ2v) is 12.8. The van der Waals surface area contributed by atoms with Gasteiger partial charge in [-0.2, -0.15) is 18.4 Å². The first-order valence-electron chi connectivity index (χ1n) is 13.9. The van der Waals surface area contributed by atoms with Crippen LogP contribution in [0.3, 0.4) is 0 Å². The summed E-state index contributed by atoms with van der Waals surface area (Å²) in [5, 5.41) is 11.0. The third kappa shape index (κ3) is 5.79. The van der Waals surface area contributed by atoms with Gasteiger partial charge < -0.3 is 10.5 Å². The Bertz CT molecular complexity index is 1790. The maximum Gasteiger partial charge on any atom is 0.416 e. The molecule has 10 heteroatoms. The summed E-state index contributed by atoms with van der Waals surface area (Å²) in [7, 11) is 0. The van der Waals surface area contributed by atoms with Crippen molar-refractivity contribution in [2.24, 2.45) is 11.1 Å². The zero-order valence-corrected chi connectivity index (χ0v) is 26.1. The Morgan fingerprint density at radius 1 is 1.07 bits per heavy atom. The summed E-state index contributed by atoms with van der Waals surface area (Å²) in [6.45, 7) is 7.80. The van der Waals surface area contributed by atoms with Crippen LogP contribution in [0.5, 0.6) is 5.75 Å². The predicted octanol–water partition coefficient (Wildman–Crippen LogP) is 9.15. The molecule has 1 aliphatic heterocycles. The number of Topliss-reactive ketones (excluding diaryl/α,β-unsaturated/α-hetero) is 1. The van der Waals surface area contributed by atoms with Gasteiger partial charge in [-0.1, -0.05) is 66.9 Å². The van der Waals surface area contributed by atoms with Gasteiger partial charge in [-0.15, -0.1) is 0 Å². The number of hydrogen-bond acceptors (Lipinski definition) is 5. The molecule has 3 aromatic carbocycles. The Morgan fingerprint density at radius 3 is 2.43 bits per heavy atom. The van der Waals surface area contributed by atoms with Gasteiger partial charge in [0, 0.05) is 17.7 Å². The largest absolute Gasteiger partial charge is 0.487 e. The van der Waals surface area contributed by atoms with Crippen LogP contribution in [0.15, 0.2) is 77.3 Å². The lowest BCUT2D eigenvalue weighted by atomic mass is 9.68. The van der Waals surface area contributed by atoms with Crippen molar-refractivity contribution >= 4 is 34.7 Å². The van der Waals surface area contributed by atoms with Gasteiger partial charge >= 0.3 is 6.18 Å². The molecule has 2 aliphatic rings. The van der Waals surface area contributed by atoms with Gasteiger partial charge in [0.05, 0.1) is 38.9 Å². The Hall–Kier alpha value is -3.93. The first kappa shape index (κ1) is 31.5. The lowest BCUT2D eigenvalue weighted by Crippen LogP contribution is -2.42. The Labute approximate surface area is 264 Å². The molecule has 0 aromatic heterocycles. The highest BCUT2D eigenvalue weighted by Crippen LogP contribution is 2.52. The molecule has 1 atom stereocenters. The molecular formula is C34H30Cl2F3N3O2. The van der Waals surface area contributed by atoms with Crippen LogP contribution in [-0.4, -0.2) is 5.78 Å². The molecule has 5 nitrogen and oxygen atoms in total. The average molecular weight is 641 g/mol. The molecule has 0 fully saturated rings. The maximum atomic E-state index is 14.0. The van der Waals surface area contributed by atoms with Crippen LogP contribution < -0.4 is 15.4 Å². The summed E-state index contributed by atoms with van der Waals surface area (Å²) < 4.78 is 47.4. The van der Waals surface area contributed by atoms with Crippen molar-refractivity contribution < 1.29 is 22.7 Å². The summed E-state index contributed by atoms with van der Waals surface area (Å²) in [6, 6.07) is 16.1. The van der Waals surface area contributed by atoms with Crippen molar-refractivity contribution in [2.75, 3.05) is 4.90 Å². The van der Waals surface area contributed by atoms with Crippen molar-refractivity contribution in [3.63, 3.8) is 0 Å². The molecule has 1 unspecified atom stereocenters. The van der Waals surface area contributed by atoms with E-state index >= 15 is 0 Å². The summed E-state index contributed by atoms with van der Waals surface area (Å²) in [6.07, 6.45) is -4.13. The Balaban J connectivity index is 1.71. The van der Waals surface area contributed by atoms with Crippen molar-refractivity contribution in [1.82, 2.24) is 0 Å². The number of allylic oxidation sites excluding steroid dienone is 3. The molecule has 0 amide bonds. The number of carbonyl (C=O) groups excluding carboxylic acids is 1. The molecule has 0 radical (unpaired) electrons.